The van der Waals surface area contributed by atoms with E-state index in [0.717, 1.165) is 0 Å². The summed E-state index contributed by atoms with van der Waals surface area (Å²) in [6.45, 7) is 0.493. The highest BCUT2D eigenvalue weighted by Gasteiger charge is 2.11. The number of hydrogen-bond donors (Lipinski definition) is 1. The maximum Gasteiger partial charge on any atom is 0.231 e. The minimum Gasteiger partial charge on any atom is -0.486 e. The van der Waals surface area contributed by atoms with Crippen LogP contribution in [0, 0.1) is 12.3 Å². The number of carbonyl (C=O) groups excluding carboxylic acids is 1. The Hall–Kier alpha value is -2.17. The molecule has 0 saturated carbocycles. The average molecular weight is 351 g/mol. The number of hydrogen-bond acceptors (Lipinski definition) is 5. The maximum atomic E-state index is 11.5. The molecule has 0 radical (unpaired) electrons. The van der Waals surface area contributed by atoms with E-state index < -0.39 is 0 Å². The van der Waals surface area contributed by atoms with E-state index in [0.29, 0.717) is 21.8 Å². The predicted octanol–water partition coefficient (Wildman–Crippen LogP) is 1.89. The van der Waals surface area contributed by atoms with Gasteiger partial charge in [-0.05, 0) is 24.3 Å². The van der Waals surface area contributed by atoms with Gasteiger partial charge in [-0.25, -0.2) is 0 Å². The van der Waals surface area contributed by atoms with Crippen molar-refractivity contribution in [1.82, 2.24) is 20.1 Å². The molecule has 6 nitrogen and oxygen atoms in total. The van der Waals surface area contributed by atoms with Gasteiger partial charge in [0.2, 0.25) is 5.91 Å². The second-order valence-electron chi connectivity index (χ2n) is 4.47. The topological polar surface area (TPSA) is 69.0 Å². The van der Waals surface area contributed by atoms with Gasteiger partial charge >= 0.3 is 0 Å². The highest BCUT2D eigenvalue weighted by molar-refractivity contribution is 7.99. The van der Waals surface area contributed by atoms with E-state index in [9.17, 15) is 4.79 Å². The van der Waals surface area contributed by atoms with Gasteiger partial charge in [0, 0.05) is 12.1 Å². The Bertz CT molecular complexity index is 709. The SMILES string of the molecule is C#CCNC(=O)CSc1nnc(COc2ccc(Cl)cc2)n1C. The largest absolute Gasteiger partial charge is 0.486 e. The van der Waals surface area contributed by atoms with Crippen molar-refractivity contribution in [3.8, 4) is 18.1 Å². The van der Waals surface area contributed by atoms with E-state index in [4.69, 9.17) is 22.8 Å². The number of aromatic nitrogens is 3. The smallest absolute Gasteiger partial charge is 0.231 e. The van der Waals surface area contributed by atoms with Crippen LogP contribution in [0.5, 0.6) is 5.75 Å². The third-order valence-electron chi connectivity index (χ3n) is 2.83. The van der Waals surface area contributed by atoms with Crippen LogP contribution in [0.25, 0.3) is 0 Å². The summed E-state index contributed by atoms with van der Waals surface area (Å²) in [4.78, 5) is 11.5. The van der Waals surface area contributed by atoms with E-state index in [-0.39, 0.29) is 24.8 Å². The van der Waals surface area contributed by atoms with E-state index >= 15 is 0 Å². The molecule has 1 aromatic carbocycles. The Kier molecular flexibility index (Phi) is 6.32. The molecular formula is C15H15ClN4O2S. The Morgan fingerprint density at radius 2 is 2.17 bits per heavy atom. The summed E-state index contributed by atoms with van der Waals surface area (Å²) in [7, 11) is 1.82. The number of nitrogens with zero attached hydrogens (tertiary/aromatic N) is 3. The molecule has 0 aliphatic rings. The van der Waals surface area contributed by atoms with Gasteiger partial charge in [0.25, 0.3) is 0 Å². The summed E-state index contributed by atoms with van der Waals surface area (Å²) >= 11 is 7.11. The minimum absolute atomic E-state index is 0.144. The first-order valence-electron chi connectivity index (χ1n) is 6.69. The molecule has 1 aromatic heterocycles. The van der Waals surface area contributed by atoms with Gasteiger partial charge in [-0.3, -0.25) is 4.79 Å². The minimum atomic E-state index is -0.144. The lowest BCUT2D eigenvalue weighted by molar-refractivity contribution is -0.118. The average Bonchev–Trinajstić information content (AvgIpc) is 2.90. The lowest BCUT2D eigenvalue weighted by Crippen LogP contribution is -2.25. The summed E-state index contributed by atoms with van der Waals surface area (Å²) in [5, 5.41) is 12.0. The normalized spacial score (nSPS) is 10.1. The number of benzene rings is 1. The van der Waals surface area contributed by atoms with Crippen molar-refractivity contribution >= 4 is 29.3 Å². The lowest BCUT2D eigenvalue weighted by atomic mass is 10.3. The first-order valence-corrected chi connectivity index (χ1v) is 8.06. The van der Waals surface area contributed by atoms with Crippen LogP contribution in [0.1, 0.15) is 5.82 Å². The number of carbonyl (C=O) groups is 1. The fraction of sp³-hybridized carbons (Fsp3) is 0.267. The molecule has 0 aliphatic carbocycles. The standard InChI is InChI=1S/C15H15ClN4O2S/c1-3-8-17-14(21)10-23-15-19-18-13(20(15)2)9-22-12-6-4-11(16)5-7-12/h1,4-7H,8-10H2,2H3,(H,17,21). The van der Waals surface area contributed by atoms with Crippen LogP contribution in [0.2, 0.25) is 5.02 Å². The van der Waals surface area contributed by atoms with Crippen molar-refractivity contribution in [1.29, 1.82) is 0 Å². The van der Waals surface area contributed by atoms with Gasteiger partial charge in [0.15, 0.2) is 11.0 Å². The molecule has 2 rings (SSSR count). The third kappa shape index (κ3) is 5.20. The molecule has 23 heavy (non-hydrogen) atoms. The number of terminal acetylenes is 1. The molecule has 1 N–H and O–H groups in total. The molecule has 0 fully saturated rings. The maximum absolute atomic E-state index is 11.5. The molecule has 0 aliphatic heterocycles. The molecule has 0 unspecified atom stereocenters. The summed E-state index contributed by atoms with van der Waals surface area (Å²) in [5.41, 5.74) is 0. The Morgan fingerprint density at radius 3 is 2.87 bits per heavy atom. The van der Waals surface area contributed by atoms with Crippen molar-refractivity contribution in [2.75, 3.05) is 12.3 Å². The number of amides is 1. The number of halogens is 1. The van der Waals surface area contributed by atoms with Crippen molar-refractivity contribution in [3.05, 3.63) is 35.1 Å². The molecule has 0 atom stereocenters. The van der Waals surface area contributed by atoms with E-state index in [1.807, 2.05) is 7.05 Å². The highest BCUT2D eigenvalue weighted by atomic mass is 35.5. The van der Waals surface area contributed by atoms with Gasteiger partial charge in [-0.2, -0.15) is 0 Å². The summed E-state index contributed by atoms with van der Waals surface area (Å²) in [5.74, 6) is 3.79. The molecule has 1 heterocycles. The molecular weight excluding hydrogens is 336 g/mol. The zero-order valence-electron chi connectivity index (χ0n) is 12.5. The molecule has 0 spiro atoms. The van der Waals surface area contributed by atoms with E-state index in [2.05, 4.69) is 21.4 Å². The van der Waals surface area contributed by atoms with Gasteiger partial charge in [-0.1, -0.05) is 29.3 Å². The second kappa shape index (κ2) is 8.46. The third-order valence-corrected chi connectivity index (χ3v) is 4.10. The Labute approximate surface area is 143 Å². The zero-order valence-corrected chi connectivity index (χ0v) is 14.0. The summed E-state index contributed by atoms with van der Waals surface area (Å²) in [6.07, 6.45) is 5.08. The molecule has 8 heteroatoms. The van der Waals surface area contributed by atoms with E-state index in [1.54, 1.807) is 28.8 Å². The summed E-state index contributed by atoms with van der Waals surface area (Å²) in [6, 6.07) is 7.07. The van der Waals surface area contributed by atoms with Crippen LogP contribution >= 0.6 is 23.4 Å². The van der Waals surface area contributed by atoms with Crippen molar-refractivity contribution in [3.63, 3.8) is 0 Å². The monoisotopic (exact) mass is 350 g/mol. The van der Waals surface area contributed by atoms with Gasteiger partial charge in [0.05, 0.1) is 12.3 Å². The Balaban J connectivity index is 1.87. The van der Waals surface area contributed by atoms with Crippen LogP contribution in [0.15, 0.2) is 29.4 Å². The van der Waals surface area contributed by atoms with Crippen molar-refractivity contribution in [2.45, 2.75) is 11.8 Å². The zero-order chi connectivity index (χ0) is 16.7. The van der Waals surface area contributed by atoms with Gasteiger partial charge < -0.3 is 14.6 Å². The van der Waals surface area contributed by atoms with Gasteiger partial charge in [-0.15, -0.1) is 16.6 Å². The molecule has 2 aromatic rings. The number of nitrogens with one attached hydrogen (secondary N) is 1. The van der Waals surface area contributed by atoms with E-state index in [1.165, 1.54) is 11.8 Å². The molecule has 120 valence electrons. The van der Waals surface area contributed by atoms with Crippen molar-refractivity contribution in [2.24, 2.45) is 7.05 Å². The quantitative estimate of drug-likeness (QED) is 0.610. The summed E-state index contributed by atoms with van der Waals surface area (Å²) < 4.78 is 7.41. The number of thioether (sulfide) groups is 1. The van der Waals surface area contributed by atoms with Crippen LogP contribution in [0.3, 0.4) is 0 Å². The van der Waals surface area contributed by atoms with Crippen LogP contribution in [-0.4, -0.2) is 33.0 Å². The van der Waals surface area contributed by atoms with Gasteiger partial charge in [0.1, 0.15) is 12.4 Å². The highest BCUT2D eigenvalue weighted by Crippen LogP contribution is 2.18. The Morgan fingerprint density at radius 1 is 1.43 bits per heavy atom. The second-order valence-corrected chi connectivity index (χ2v) is 5.85. The van der Waals surface area contributed by atoms with Crippen LogP contribution in [0.4, 0.5) is 0 Å². The van der Waals surface area contributed by atoms with Crippen molar-refractivity contribution < 1.29 is 9.53 Å². The predicted molar refractivity (Wildman–Crippen MR) is 89.4 cm³/mol. The fourth-order valence-corrected chi connectivity index (χ4v) is 2.49. The first-order chi connectivity index (χ1) is 11.1. The van der Waals surface area contributed by atoms with Crippen LogP contribution < -0.4 is 10.1 Å². The van der Waals surface area contributed by atoms with Crippen LogP contribution in [-0.2, 0) is 18.4 Å². The number of rotatable bonds is 7. The number of ether oxygens (including phenoxy) is 1. The lowest BCUT2D eigenvalue weighted by Gasteiger charge is -2.06. The molecule has 0 bridgehead atoms. The first kappa shape index (κ1) is 17.2. The molecule has 0 saturated heterocycles. The fourth-order valence-electron chi connectivity index (χ4n) is 1.61. The molecule has 1 amide bonds.